The van der Waals surface area contributed by atoms with Crippen LogP contribution in [-0.4, -0.2) is 71.9 Å². The van der Waals surface area contributed by atoms with Gasteiger partial charge in [0.15, 0.2) is 6.54 Å². The van der Waals surface area contributed by atoms with Crippen molar-refractivity contribution in [2.24, 2.45) is 0 Å². The Balaban J connectivity index is 0. The van der Waals surface area contributed by atoms with Gasteiger partial charge in [0.1, 0.15) is 13.1 Å². The number of nitrogens with zero attached hydrogens (tertiary/aromatic N) is 1. The van der Waals surface area contributed by atoms with Crippen molar-refractivity contribution in [3.63, 3.8) is 0 Å². The number of unbranched alkanes of at least 4 members (excludes halogenated alkanes) is 2. The van der Waals surface area contributed by atoms with Crippen LogP contribution in [0.1, 0.15) is 25.7 Å². The Morgan fingerprint density at radius 2 is 1.83 bits per heavy atom. The van der Waals surface area contributed by atoms with Gasteiger partial charge in [0.25, 0.3) is 0 Å². The van der Waals surface area contributed by atoms with Crippen LogP contribution in [-0.2, 0) is 14.4 Å². The van der Waals surface area contributed by atoms with Gasteiger partial charge in [0, 0.05) is 6.42 Å². The van der Waals surface area contributed by atoms with Crippen LogP contribution in [0.25, 0.3) is 0 Å². The predicted molar refractivity (Wildman–Crippen MR) is 81.1 cm³/mol. The van der Waals surface area contributed by atoms with Crippen molar-refractivity contribution < 1.29 is 85.6 Å². The van der Waals surface area contributed by atoms with Gasteiger partial charge in [-0.2, -0.15) is 0 Å². The van der Waals surface area contributed by atoms with E-state index in [9.17, 15) is 19.5 Å². The second kappa shape index (κ2) is 15.0. The number of rotatable bonds is 14. The summed E-state index contributed by atoms with van der Waals surface area (Å²) < 4.78 is -0.370. The van der Waals surface area contributed by atoms with Gasteiger partial charge in [-0.3, -0.25) is 4.79 Å². The molecule has 0 aliphatic rings. The van der Waals surface area contributed by atoms with E-state index < -0.39 is 25.0 Å². The minimum atomic E-state index is -1.39. The van der Waals surface area contributed by atoms with Crippen molar-refractivity contribution >= 4 is 17.8 Å². The molecule has 0 saturated heterocycles. The third-order valence-corrected chi connectivity index (χ3v) is 3.48. The van der Waals surface area contributed by atoms with Crippen LogP contribution in [0.2, 0.25) is 0 Å². The first-order valence-corrected chi connectivity index (χ1v) is 7.60. The number of nitrogens with one attached hydrogen (secondary N) is 1. The molecule has 3 N–H and O–H groups in total. The maximum absolute atomic E-state index is 11.7. The molecular formula is C15H26KN2O6+. The second-order valence-electron chi connectivity index (χ2n) is 5.48. The number of aliphatic hydroxyl groups is 1. The molecule has 0 bridgehead atoms. The monoisotopic (exact) mass is 369 g/mol. The summed E-state index contributed by atoms with van der Waals surface area (Å²) in [6.45, 7) is 2.47. The number of carbonyl (C=O) groups is 3. The van der Waals surface area contributed by atoms with Crippen molar-refractivity contribution in [1.29, 1.82) is 0 Å². The molecular weight excluding hydrogens is 343 g/mol. The molecule has 0 rings (SSSR count). The van der Waals surface area contributed by atoms with E-state index >= 15 is 0 Å². The molecule has 9 heteroatoms. The predicted octanol–water partition coefficient (Wildman–Crippen LogP) is -4.50. The van der Waals surface area contributed by atoms with Crippen LogP contribution in [0.4, 0.5) is 0 Å². The number of hydrogen-bond donors (Lipinski definition) is 3. The van der Waals surface area contributed by atoms with Gasteiger partial charge in [-0.25, -0.2) is 4.79 Å². The molecule has 0 aromatic carbocycles. The van der Waals surface area contributed by atoms with Crippen molar-refractivity contribution in [2.45, 2.75) is 25.7 Å². The summed E-state index contributed by atoms with van der Waals surface area (Å²) in [5.74, 6) is -2.73. The molecule has 0 spiro atoms. The first-order chi connectivity index (χ1) is 10.8. The minimum Gasteiger partial charge on any atom is -0.544 e. The molecule has 0 radical (unpaired) electrons. The Bertz CT molecular complexity index is 401. The number of carboxylic acid groups (broad SMARTS) is 2. The summed E-state index contributed by atoms with van der Waals surface area (Å²) in [4.78, 5) is 33.5. The van der Waals surface area contributed by atoms with Crippen LogP contribution < -0.4 is 61.8 Å². The van der Waals surface area contributed by atoms with E-state index in [1.807, 2.05) is 0 Å². The number of allylic oxidation sites excluding steroid dienone is 1. The molecule has 1 amide bonds. The largest absolute Gasteiger partial charge is 1.00 e. The average Bonchev–Trinajstić information content (AvgIpc) is 2.42. The summed E-state index contributed by atoms with van der Waals surface area (Å²) in [6.07, 6.45) is 4.57. The Morgan fingerprint density at radius 1 is 1.17 bits per heavy atom. The topological polar surface area (TPSA) is 127 Å². The number of hydrogen-bond acceptors (Lipinski definition) is 5. The number of carboxylic acids is 2. The standard InChI is InChI=1S/C15H26N2O6.K/c1-2-3-4-5-6-13(19)16-7-8-17(9-10-18,11-14(20)21)12-15(22)23;/h2,18H,1,3-12H2,(H2-,16,19,20,21,22,23);/q;+1. The molecule has 132 valence electrons. The molecule has 0 saturated carbocycles. The first kappa shape index (κ1) is 25.9. The van der Waals surface area contributed by atoms with Crippen molar-refractivity contribution in [3.05, 3.63) is 12.7 Å². The Labute approximate surface area is 184 Å². The summed E-state index contributed by atoms with van der Waals surface area (Å²) in [7, 11) is 0. The van der Waals surface area contributed by atoms with E-state index in [1.165, 1.54) is 0 Å². The van der Waals surface area contributed by atoms with Gasteiger partial charge in [-0.1, -0.05) is 6.08 Å². The van der Waals surface area contributed by atoms with Crippen LogP contribution in [0.5, 0.6) is 0 Å². The summed E-state index contributed by atoms with van der Waals surface area (Å²) >= 11 is 0. The summed E-state index contributed by atoms with van der Waals surface area (Å²) in [5.41, 5.74) is 0. The Morgan fingerprint density at radius 3 is 2.33 bits per heavy atom. The molecule has 0 aromatic heterocycles. The van der Waals surface area contributed by atoms with Crippen molar-refractivity contribution in [2.75, 3.05) is 39.3 Å². The van der Waals surface area contributed by atoms with Gasteiger partial charge in [-0.15, -0.1) is 6.58 Å². The SMILES string of the molecule is C=CCCCCC(=O)NCC[N+](CCO)(CC(=O)[O-])CC(=O)O.[K+]. The van der Waals surface area contributed by atoms with Gasteiger partial charge in [-0.05, 0) is 19.3 Å². The van der Waals surface area contributed by atoms with Crippen LogP contribution in [0.3, 0.4) is 0 Å². The van der Waals surface area contributed by atoms with Crippen molar-refractivity contribution in [1.82, 2.24) is 5.32 Å². The van der Waals surface area contributed by atoms with Gasteiger partial charge in [0.2, 0.25) is 5.91 Å². The normalized spacial score (nSPS) is 12.5. The second-order valence-corrected chi connectivity index (χ2v) is 5.48. The van der Waals surface area contributed by atoms with Crippen molar-refractivity contribution in [3.8, 4) is 0 Å². The third-order valence-electron chi connectivity index (χ3n) is 3.48. The van der Waals surface area contributed by atoms with Gasteiger partial charge < -0.3 is 29.9 Å². The number of aliphatic hydroxyl groups excluding tert-OH is 1. The molecule has 0 heterocycles. The zero-order chi connectivity index (χ0) is 17.7. The minimum absolute atomic E-state index is 0. The Hall–Kier alpha value is -0.294. The molecule has 0 aliphatic heterocycles. The molecule has 1 unspecified atom stereocenters. The third kappa shape index (κ3) is 13.0. The summed E-state index contributed by atoms with van der Waals surface area (Å²) in [6, 6.07) is 0. The fourth-order valence-corrected chi connectivity index (χ4v) is 2.35. The molecule has 0 aromatic rings. The molecule has 1 atom stereocenters. The van der Waals surface area contributed by atoms with E-state index in [0.29, 0.717) is 6.42 Å². The first-order valence-electron chi connectivity index (χ1n) is 7.60. The zero-order valence-corrected chi connectivity index (χ0v) is 17.5. The molecule has 8 nitrogen and oxygen atoms in total. The Kier molecular flexibility index (Phi) is 16.2. The maximum atomic E-state index is 11.7. The van der Waals surface area contributed by atoms with Crippen LogP contribution in [0.15, 0.2) is 12.7 Å². The molecule has 0 fully saturated rings. The van der Waals surface area contributed by atoms with Crippen LogP contribution >= 0.6 is 0 Å². The maximum Gasteiger partial charge on any atom is 1.00 e. The average molecular weight is 369 g/mol. The van der Waals surface area contributed by atoms with E-state index in [2.05, 4.69) is 11.9 Å². The smallest absolute Gasteiger partial charge is 0.544 e. The van der Waals surface area contributed by atoms with E-state index in [1.54, 1.807) is 6.08 Å². The zero-order valence-electron chi connectivity index (χ0n) is 14.3. The van der Waals surface area contributed by atoms with Gasteiger partial charge >= 0.3 is 57.4 Å². The fraction of sp³-hybridized carbons (Fsp3) is 0.667. The van der Waals surface area contributed by atoms with Crippen LogP contribution in [0, 0.1) is 0 Å². The number of quaternary nitrogens is 1. The number of aliphatic carboxylic acids is 2. The summed E-state index contributed by atoms with van der Waals surface area (Å²) in [5, 5.41) is 31.6. The van der Waals surface area contributed by atoms with E-state index in [0.717, 1.165) is 19.3 Å². The number of amides is 1. The molecule has 0 aliphatic carbocycles. The van der Waals surface area contributed by atoms with E-state index in [-0.39, 0.29) is 88.0 Å². The fourth-order valence-electron chi connectivity index (χ4n) is 2.35. The van der Waals surface area contributed by atoms with Gasteiger partial charge in [0.05, 0.1) is 25.7 Å². The molecule has 24 heavy (non-hydrogen) atoms. The van der Waals surface area contributed by atoms with E-state index in [4.69, 9.17) is 10.2 Å². The number of carbonyl (C=O) groups excluding carboxylic acids is 2. The quantitative estimate of drug-likeness (QED) is 0.123.